The van der Waals surface area contributed by atoms with Gasteiger partial charge in [-0.3, -0.25) is 0 Å². The first-order valence-electron chi connectivity index (χ1n) is 6.24. The van der Waals surface area contributed by atoms with Gasteiger partial charge in [-0.1, -0.05) is 19.3 Å². The van der Waals surface area contributed by atoms with E-state index in [2.05, 4.69) is 5.32 Å². The number of hydrogen-bond acceptors (Lipinski definition) is 2. The maximum absolute atomic E-state index is 9.27. The molecular formula is C12H23NO. The van der Waals surface area contributed by atoms with Crippen LogP contribution < -0.4 is 5.32 Å². The number of hydrogen-bond donors (Lipinski definition) is 2. The molecule has 0 aliphatic heterocycles. The van der Waals surface area contributed by atoms with Gasteiger partial charge in [0.25, 0.3) is 0 Å². The Kier molecular flexibility index (Phi) is 3.82. The van der Waals surface area contributed by atoms with E-state index < -0.39 is 0 Å². The van der Waals surface area contributed by atoms with Crippen molar-refractivity contribution in [2.75, 3.05) is 13.2 Å². The van der Waals surface area contributed by atoms with Crippen molar-refractivity contribution in [3.05, 3.63) is 0 Å². The quantitative estimate of drug-likeness (QED) is 0.722. The molecule has 2 unspecified atom stereocenters. The van der Waals surface area contributed by atoms with Gasteiger partial charge in [0.05, 0.1) is 0 Å². The topological polar surface area (TPSA) is 32.3 Å². The molecule has 2 rings (SSSR count). The molecule has 0 aromatic carbocycles. The van der Waals surface area contributed by atoms with Crippen LogP contribution in [-0.4, -0.2) is 24.3 Å². The molecular weight excluding hydrogens is 174 g/mol. The minimum Gasteiger partial charge on any atom is -0.396 e. The van der Waals surface area contributed by atoms with Crippen LogP contribution in [0.1, 0.15) is 44.9 Å². The first kappa shape index (κ1) is 10.4. The Hall–Kier alpha value is -0.0800. The fourth-order valence-electron chi connectivity index (χ4n) is 2.72. The van der Waals surface area contributed by atoms with Gasteiger partial charge >= 0.3 is 0 Å². The highest BCUT2D eigenvalue weighted by Gasteiger charge is 2.25. The molecule has 2 aliphatic rings. The summed E-state index contributed by atoms with van der Waals surface area (Å²) in [5.41, 5.74) is 0. The zero-order valence-electron chi connectivity index (χ0n) is 9.04. The maximum atomic E-state index is 9.27. The van der Waals surface area contributed by atoms with Gasteiger partial charge in [0.15, 0.2) is 0 Å². The number of rotatable bonds is 4. The van der Waals surface area contributed by atoms with E-state index in [1.54, 1.807) is 0 Å². The lowest BCUT2D eigenvalue weighted by atomic mass is 9.79. The first-order valence-corrected chi connectivity index (χ1v) is 6.24. The van der Waals surface area contributed by atoms with Crippen LogP contribution in [0.25, 0.3) is 0 Å². The maximum Gasteiger partial charge on any atom is 0.0462 e. The fraction of sp³-hybridized carbons (Fsp3) is 1.00. The molecule has 2 N–H and O–H groups in total. The fourth-order valence-corrected chi connectivity index (χ4v) is 2.72. The molecule has 0 saturated heterocycles. The van der Waals surface area contributed by atoms with E-state index in [0.717, 1.165) is 18.5 Å². The Morgan fingerprint density at radius 2 is 1.64 bits per heavy atom. The van der Waals surface area contributed by atoms with E-state index >= 15 is 0 Å². The predicted octanol–water partition coefficient (Wildman–Crippen LogP) is 1.93. The number of aliphatic hydroxyl groups excluding tert-OH is 1. The summed E-state index contributed by atoms with van der Waals surface area (Å²) in [5, 5.41) is 12.9. The van der Waals surface area contributed by atoms with Crippen molar-refractivity contribution in [3.8, 4) is 0 Å². The Morgan fingerprint density at radius 3 is 2.21 bits per heavy atom. The highest BCUT2D eigenvalue weighted by molar-refractivity contribution is 4.81. The molecule has 2 fully saturated rings. The zero-order chi connectivity index (χ0) is 9.80. The van der Waals surface area contributed by atoms with Gasteiger partial charge in [-0.2, -0.15) is 0 Å². The third-order valence-electron chi connectivity index (χ3n) is 4.07. The second kappa shape index (κ2) is 5.13. The Labute approximate surface area is 87.1 Å². The van der Waals surface area contributed by atoms with Crippen molar-refractivity contribution in [1.29, 1.82) is 0 Å². The normalized spacial score (nSPS) is 34.1. The molecule has 0 heterocycles. The summed E-state index contributed by atoms with van der Waals surface area (Å²) in [7, 11) is 0. The molecule has 2 nitrogen and oxygen atoms in total. The number of nitrogens with one attached hydrogen (secondary N) is 1. The third-order valence-corrected chi connectivity index (χ3v) is 4.07. The number of aliphatic hydroxyl groups is 1. The lowest BCUT2D eigenvalue weighted by Gasteiger charge is -2.34. The van der Waals surface area contributed by atoms with Crippen molar-refractivity contribution < 1.29 is 5.11 Å². The van der Waals surface area contributed by atoms with E-state index in [1.807, 2.05) is 0 Å². The van der Waals surface area contributed by atoms with Crippen molar-refractivity contribution in [2.24, 2.45) is 11.8 Å². The van der Waals surface area contributed by atoms with Gasteiger partial charge in [0.1, 0.15) is 0 Å². The largest absolute Gasteiger partial charge is 0.396 e. The van der Waals surface area contributed by atoms with E-state index in [-0.39, 0.29) is 0 Å². The molecule has 0 amide bonds. The summed E-state index contributed by atoms with van der Waals surface area (Å²) < 4.78 is 0. The van der Waals surface area contributed by atoms with Gasteiger partial charge < -0.3 is 10.4 Å². The van der Waals surface area contributed by atoms with Crippen molar-refractivity contribution in [3.63, 3.8) is 0 Å². The predicted molar refractivity (Wildman–Crippen MR) is 58.2 cm³/mol. The molecule has 82 valence electrons. The lowest BCUT2D eigenvalue weighted by Crippen LogP contribution is -2.41. The van der Waals surface area contributed by atoms with E-state index in [9.17, 15) is 5.11 Å². The SMILES string of the molecule is OCC1CCCCC1CNC1CCC1. The molecule has 0 bridgehead atoms. The highest BCUT2D eigenvalue weighted by Crippen LogP contribution is 2.29. The van der Waals surface area contributed by atoms with Crippen LogP contribution in [0, 0.1) is 11.8 Å². The summed E-state index contributed by atoms with van der Waals surface area (Å²) in [4.78, 5) is 0. The van der Waals surface area contributed by atoms with Gasteiger partial charge in [-0.05, 0) is 44.1 Å². The van der Waals surface area contributed by atoms with Crippen molar-refractivity contribution in [2.45, 2.75) is 51.0 Å². The molecule has 0 radical (unpaired) electrons. The van der Waals surface area contributed by atoms with Crippen LogP contribution in [-0.2, 0) is 0 Å². The minimum absolute atomic E-state index is 0.400. The summed E-state index contributed by atoms with van der Waals surface area (Å²) in [6, 6.07) is 0.802. The molecule has 0 aromatic heterocycles. The van der Waals surface area contributed by atoms with E-state index in [0.29, 0.717) is 12.5 Å². The highest BCUT2D eigenvalue weighted by atomic mass is 16.3. The summed E-state index contributed by atoms with van der Waals surface area (Å²) in [6.07, 6.45) is 9.41. The molecule has 2 saturated carbocycles. The zero-order valence-corrected chi connectivity index (χ0v) is 9.04. The summed E-state index contributed by atoms with van der Waals surface area (Å²) in [6.45, 7) is 1.55. The first-order chi connectivity index (χ1) is 6.90. The molecule has 2 heteroatoms. The van der Waals surface area contributed by atoms with Crippen LogP contribution >= 0.6 is 0 Å². The Morgan fingerprint density at radius 1 is 0.929 bits per heavy atom. The van der Waals surface area contributed by atoms with Crippen LogP contribution in [0.2, 0.25) is 0 Å². The van der Waals surface area contributed by atoms with Crippen LogP contribution in [0.4, 0.5) is 0 Å². The second-order valence-electron chi connectivity index (χ2n) is 5.02. The van der Waals surface area contributed by atoms with Crippen molar-refractivity contribution in [1.82, 2.24) is 5.32 Å². The standard InChI is InChI=1S/C12H23NO/c14-9-11-5-2-1-4-10(11)8-13-12-6-3-7-12/h10-14H,1-9H2. The molecule has 2 aliphatic carbocycles. The minimum atomic E-state index is 0.400. The molecule has 0 aromatic rings. The summed E-state index contributed by atoms with van der Waals surface area (Å²) >= 11 is 0. The van der Waals surface area contributed by atoms with Crippen molar-refractivity contribution >= 4 is 0 Å². The summed E-state index contributed by atoms with van der Waals surface area (Å²) in [5.74, 6) is 1.32. The van der Waals surface area contributed by atoms with Gasteiger partial charge in [-0.25, -0.2) is 0 Å². The molecule has 14 heavy (non-hydrogen) atoms. The smallest absolute Gasteiger partial charge is 0.0462 e. The Bertz CT molecular complexity index is 168. The molecule has 2 atom stereocenters. The van der Waals surface area contributed by atoms with Crippen LogP contribution in [0.15, 0.2) is 0 Å². The second-order valence-corrected chi connectivity index (χ2v) is 5.02. The van der Waals surface area contributed by atoms with Crippen LogP contribution in [0.3, 0.4) is 0 Å². The van der Waals surface area contributed by atoms with Crippen LogP contribution in [0.5, 0.6) is 0 Å². The van der Waals surface area contributed by atoms with E-state index in [1.165, 1.54) is 44.9 Å². The lowest BCUT2D eigenvalue weighted by molar-refractivity contribution is 0.127. The van der Waals surface area contributed by atoms with Gasteiger partial charge in [0, 0.05) is 12.6 Å². The molecule has 0 spiro atoms. The third kappa shape index (κ3) is 2.48. The Balaban J connectivity index is 1.70. The average molecular weight is 197 g/mol. The van der Waals surface area contributed by atoms with E-state index in [4.69, 9.17) is 0 Å². The monoisotopic (exact) mass is 197 g/mol. The van der Waals surface area contributed by atoms with Gasteiger partial charge in [-0.15, -0.1) is 0 Å². The average Bonchev–Trinajstić information content (AvgIpc) is 2.16. The van der Waals surface area contributed by atoms with Gasteiger partial charge in [0.2, 0.25) is 0 Å².